The molecule has 0 spiro atoms. The summed E-state index contributed by atoms with van der Waals surface area (Å²) in [6.07, 6.45) is 6.76. The number of ether oxygens (including phenoxy) is 1. The van der Waals surface area contributed by atoms with Crippen molar-refractivity contribution in [3.8, 4) is 0 Å². The minimum absolute atomic E-state index is 0.229. The molecule has 0 amide bonds. The first-order valence-corrected chi connectivity index (χ1v) is 7.32. The van der Waals surface area contributed by atoms with Crippen LogP contribution in [0, 0.1) is 0 Å². The predicted octanol–water partition coefficient (Wildman–Crippen LogP) is 2.63. The van der Waals surface area contributed by atoms with Crippen molar-refractivity contribution < 1.29 is 9.53 Å². The minimum atomic E-state index is -0.229. The molecule has 100 valence electrons. The zero-order chi connectivity index (χ0) is 13.0. The van der Waals surface area contributed by atoms with Crippen molar-refractivity contribution in [2.24, 2.45) is 0 Å². The molecule has 0 atom stereocenters. The number of esters is 1. The van der Waals surface area contributed by atoms with E-state index in [-0.39, 0.29) is 12.4 Å². The van der Waals surface area contributed by atoms with Gasteiger partial charge >= 0.3 is 5.97 Å². The Balaban J connectivity index is 1.97. The van der Waals surface area contributed by atoms with Crippen molar-refractivity contribution in [3.63, 3.8) is 0 Å². The lowest BCUT2D eigenvalue weighted by Crippen LogP contribution is -2.33. The van der Waals surface area contributed by atoms with Crippen LogP contribution < -0.4 is 4.90 Å². The zero-order valence-electron chi connectivity index (χ0n) is 11.0. The van der Waals surface area contributed by atoms with Crippen LogP contribution in [-0.2, 0) is 16.0 Å². The summed E-state index contributed by atoms with van der Waals surface area (Å²) in [5.41, 5.74) is 0.810. The maximum Gasteiger partial charge on any atom is 0.311 e. The second-order valence-corrected chi connectivity index (χ2v) is 5.61. The van der Waals surface area contributed by atoms with Crippen molar-refractivity contribution in [2.75, 3.05) is 19.1 Å². The number of thiazole rings is 1. The van der Waals surface area contributed by atoms with Gasteiger partial charge in [0.1, 0.15) is 0 Å². The molecule has 4 nitrogen and oxygen atoms in total. The fourth-order valence-electron chi connectivity index (χ4n) is 2.38. The number of hydrogen-bond donors (Lipinski definition) is 0. The number of nitrogens with zero attached hydrogens (tertiary/aromatic N) is 2. The van der Waals surface area contributed by atoms with Crippen LogP contribution in [0.25, 0.3) is 0 Å². The maximum atomic E-state index is 11.2. The quantitative estimate of drug-likeness (QED) is 0.787. The Bertz CT molecular complexity index is 399. The van der Waals surface area contributed by atoms with Crippen molar-refractivity contribution in [2.45, 2.75) is 44.6 Å². The van der Waals surface area contributed by atoms with Gasteiger partial charge in [0.05, 0.1) is 19.2 Å². The lowest BCUT2D eigenvalue weighted by atomic mass is 9.95. The Morgan fingerprint density at radius 1 is 1.50 bits per heavy atom. The van der Waals surface area contributed by atoms with E-state index in [2.05, 4.69) is 21.7 Å². The van der Waals surface area contributed by atoms with Gasteiger partial charge in [-0.15, -0.1) is 11.3 Å². The monoisotopic (exact) mass is 268 g/mol. The van der Waals surface area contributed by atoms with Gasteiger partial charge in [-0.1, -0.05) is 19.3 Å². The molecule has 18 heavy (non-hydrogen) atoms. The van der Waals surface area contributed by atoms with Crippen molar-refractivity contribution in [3.05, 3.63) is 11.1 Å². The van der Waals surface area contributed by atoms with Crippen LogP contribution in [0.4, 0.5) is 5.13 Å². The first-order valence-electron chi connectivity index (χ1n) is 6.44. The topological polar surface area (TPSA) is 42.4 Å². The summed E-state index contributed by atoms with van der Waals surface area (Å²) in [6, 6.07) is 0.607. The molecule has 2 rings (SSSR count). The highest BCUT2D eigenvalue weighted by Crippen LogP contribution is 2.28. The van der Waals surface area contributed by atoms with Gasteiger partial charge in [-0.3, -0.25) is 4.79 Å². The van der Waals surface area contributed by atoms with Gasteiger partial charge in [0.2, 0.25) is 0 Å². The third-order valence-corrected chi connectivity index (χ3v) is 4.50. The summed E-state index contributed by atoms with van der Waals surface area (Å²) in [6.45, 7) is 0. The van der Waals surface area contributed by atoms with Crippen LogP contribution in [0.2, 0.25) is 0 Å². The number of methoxy groups -OCH3 is 1. The summed E-state index contributed by atoms with van der Waals surface area (Å²) < 4.78 is 4.65. The number of carbonyl (C=O) groups is 1. The van der Waals surface area contributed by atoms with E-state index in [0.717, 1.165) is 10.8 Å². The molecule has 0 unspecified atom stereocenters. The Morgan fingerprint density at radius 2 is 2.22 bits per heavy atom. The SMILES string of the molecule is COC(=O)Cc1csc(N(C)C2CCCCC2)n1. The number of anilines is 1. The maximum absolute atomic E-state index is 11.2. The van der Waals surface area contributed by atoms with E-state index in [0.29, 0.717) is 6.04 Å². The molecule has 0 radical (unpaired) electrons. The molecular weight excluding hydrogens is 248 g/mol. The average molecular weight is 268 g/mol. The van der Waals surface area contributed by atoms with Crippen LogP contribution in [0.3, 0.4) is 0 Å². The van der Waals surface area contributed by atoms with Crippen LogP contribution >= 0.6 is 11.3 Å². The molecule has 5 heteroatoms. The predicted molar refractivity (Wildman–Crippen MR) is 73.1 cm³/mol. The van der Waals surface area contributed by atoms with Gasteiger partial charge in [0.15, 0.2) is 5.13 Å². The molecule has 1 aliphatic carbocycles. The smallest absolute Gasteiger partial charge is 0.311 e. The summed E-state index contributed by atoms with van der Waals surface area (Å²) in [7, 11) is 3.51. The normalized spacial score (nSPS) is 16.6. The number of aromatic nitrogens is 1. The molecule has 0 bridgehead atoms. The average Bonchev–Trinajstić information content (AvgIpc) is 2.87. The summed E-state index contributed by atoms with van der Waals surface area (Å²) in [4.78, 5) is 18.0. The lowest BCUT2D eigenvalue weighted by molar-refractivity contribution is -0.139. The van der Waals surface area contributed by atoms with E-state index >= 15 is 0 Å². The highest BCUT2D eigenvalue weighted by atomic mass is 32.1. The van der Waals surface area contributed by atoms with E-state index in [9.17, 15) is 4.79 Å². The molecule has 0 saturated heterocycles. The van der Waals surface area contributed by atoms with Gasteiger partial charge in [0.25, 0.3) is 0 Å². The van der Waals surface area contributed by atoms with Crippen molar-refractivity contribution >= 4 is 22.4 Å². The third kappa shape index (κ3) is 3.22. The molecule has 1 saturated carbocycles. The molecule has 1 aromatic rings. The Hall–Kier alpha value is -1.10. The second kappa shape index (κ2) is 6.18. The molecule has 1 aliphatic rings. The van der Waals surface area contributed by atoms with Crippen molar-refractivity contribution in [1.29, 1.82) is 0 Å². The van der Waals surface area contributed by atoms with Crippen LogP contribution in [0.15, 0.2) is 5.38 Å². The van der Waals surface area contributed by atoms with Gasteiger partial charge in [-0.05, 0) is 12.8 Å². The highest BCUT2D eigenvalue weighted by molar-refractivity contribution is 7.13. The Labute approximate surface area is 112 Å². The summed E-state index contributed by atoms with van der Waals surface area (Å²) in [5.74, 6) is -0.229. The van der Waals surface area contributed by atoms with E-state index in [1.165, 1.54) is 39.2 Å². The first-order chi connectivity index (χ1) is 8.70. The summed E-state index contributed by atoms with van der Waals surface area (Å²) >= 11 is 1.61. The molecule has 0 aliphatic heterocycles. The van der Waals surface area contributed by atoms with E-state index in [1.807, 2.05) is 5.38 Å². The fraction of sp³-hybridized carbons (Fsp3) is 0.692. The molecule has 0 aromatic carbocycles. The van der Waals surface area contributed by atoms with Gasteiger partial charge < -0.3 is 9.64 Å². The molecule has 1 aromatic heterocycles. The summed E-state index contributed by atoms with van der Waals surface area (Å²) in [5, 5.41) is 2.96. The first kappa shape index (κ1) is 13.3. The second-order valence-electron chi connectivity index (χ2n) is 4.78. The highest BCUT2D eigenvalue weighted by Gasteiger charge is 2.20. The molecular formula is C13H20N2O2S. The van der Waals surface area contributed by atoms with Gasteiger partial charge in [0, 0.05) is 18.5 Å². The van der Waals surface area contributed by atoms with Crippen LogP contribution in [0.5, 0.6) is 0 Å². The number of carbonyl (C=O) groups excluding carboxylic acids is 1. The Morgan fingerprint density at radius 3 is 2.89 bits per heavy atom. The largest absolute Gasteiger partial charge is 0.469 e. The Kier molecular flexibility index (Phi) is 4.58. The van der Waals surface area contributed by atoms with Crippen molar-refractivity contribution in [1.82, 2.24) is 4.98 Å². The zero-order valence-corrected chi connectivity index (χ0v) is 11.8. The lowest BCUT2D eigenvalue weighted by Gasteiger charge is -2.30. The molecule has 1 fully saturated rings. The van der Waals surface area contributed by atoms with E-state index in [4.69, 9.17) is 0 Å². The van der Waals surface area contributed by atoms with Crippen LogP contribution in [0.1, 0.15) is 37.8 Å². The minimum Gasteiger partial charge on any atom is -0.469 e. The molecule has 1 heterocycles. The number of rotatable bonds is 4. The third-order valence-electron chi connectivity index (χ3n) is 3.52. The van der Waals surface area contributed by atoms with E-state index in [1.54, 1.807) is 11.3 Å². The van der Waals surface area contributed by atoms with Gasteiger partial charge in [-0.25, -0.2) is 4.98 Å². The number of hydrogen-bond acceptors (Lipinski definition) is 5. The standard InChI is InChI=1S/C13H20N2O2S/c1-15(11-6-4-3-5-7-11)13-14-10(9-18-13)8-12(16)17-2/h9,11H,3-8H2,1-2H3. The molecule has 0 N–H and O–H groups in total. The van der Waals surface area contributed by atoms with E-state index < -0.39 is 0 Å². The fourth-order valence-corrected chi connectivity index (χ4v) is 3.25. The van der Waals surface area contributed by atoms with Crippen LogP contribution in [-0.4, -0.2) is 31.2 Å². The van der Waals surface area contributed by atoms with Gasteiger partial charge in [-0.2, -0.15) is 0 Å².